The topological polar surface area (TPSA) is 12.5 Å². The molecule has 0 spiro atoms. The van der Waals surface area contributed by atoms with Crippen molar-refractivity contribution in [2.75, 3.05) is 13.7 Å². The minimum atomic E-state index is 0.288. The first-order valence-electron chi connectivity index (χ1n) is 6.97. The lowest BCUT2D eigenvalue weighted by atomic mass is 9.73. The van der Waals surface area contributed by atoms with E-state index in [1.807, 2.05) is 7.11 Å². The largest absolute Gasteiger partial charge is 0.381 e. The van der Waals surface area contributed by atoms with Gasteiger partial charge in [0.2, 0.25) is 0 Å². The van der Waals surface area contributed by atoms with Crippen molar-refractivity contribution < 1.29 is 4.74 Å². The quantitative estimate of drug-likeness (QED) is 0.731. The van der Waals surface area contributed by atoms with E-state index in [0.29, 0.717) is 17.6 Å². The Balaban J connectivity index is 2.89. The number of ether oxygens (including phenoxy) is 1. The summed E-state index contributed by atoms with van der Waals surface area (Å²) in [6.45, 7) is 15.3. The zero-order valence-electron chi connectivity index (χ0n) is 12.8. The summed E-state index contributed by atoms with van der Waals surface area (Å²) in [5.74, 6) is 0. The molecule has 102 valence electrons. The van der Waals surface area contributed by atoms with Gasteiger partial charge in [0, 0.05) is 25.2 Å². The Hall–Kier alpha value is -0.0800. The molecule has 2 nitrogen and oxygen atoms in total. The lowest BCUT2D eigenvalue weighted by molar-refractivity contribution is -0.0269. The van der Waals surface area contributed by atoms with Gasteiger partial charge in [-0.2, -0.15) is 0 Å². The molecular formula is C15H31NO. The maximum Gasteiger partial charge on any atom is 0.0588 e. The molecule has 1 unspecified atom stereocenters. The maximum atomic E-state index is 5.63. The molecule has 1 aliphatic heterocycles. The third kappa shape index (κ3) is 3.96. The highest BCUT2D eigenvalue weighted by Crippen LogP contribution is 2.39. The fraction of sp³-hybridized carbons (Fsp3) is 1.00. The van der Waals surface area contributed by atoms with Crippen molar-refractivity contribution in [3.63, 3.8) is 0 Å². The van der Waals surface area contributed by atoms with Crippen LogP contribution in [0.4, 0.5) is 0 Å². The number of methoxy groups -OCH3 is 1. The van der Waals surface area contributed by atoms with Crippen LogP contribution in [0.5, 0.6) is 0 Å². The summed E-state index contributed by atoms with van der Waals surface area (Å²) >= 11 is 0. The number of nitrogens with zero attached hydrogens (tertiary/aromatic N) is 1. The standard InChI is InChI=1S/C15H31NO/c1-12(2)16-9-8-13(17-7)10-14(3,4)11-15(16,5)6/h12-13H,8-11H2,1-7H3. The van der Waals surface area contributed by atoms with Gasteiger partial charge in [-0.15, -0.1) is 0 Å². The minimum absolute atomic E-state index is 0.288. The number of rotatable bonds is 2. The SMILES string of the molecule is COC1CCN(C(C)C)C(C)(C)CC(C)(C)C1. The molecule has 1 atom stereocenters. The smallest absolute Gasteiger partial charge is 0.0588 e. The molecule has 17 heavy (non-hydrogen) atoms. The summed E-state index contributed by atoms with van der Waals surface area (Å²) in [6.07, 6.45) is 3.99. The molecule has 0 radical (unpaired) electrons. The van der Waals surface area contributed by atoms with Crippen molar-refractivity contribution >= 4 is 0 Å². The number of hydrogen-bond donors (Lipinski definition) is 0. The summed E-state index contributed by atoms with van der Waals surface area (Å²) in [5.41, 5.74) is 0.647. The van der Waals surface area contributed by atoms with E-state index in [1.165, 1.54) is 12.8 Å². The van der Waals surface area contributed by atoms with Gasteiger partial charge in [0.15, 0.2) is 0 Å². The molecule has 0 aromatic heterocycles. The van der Waals surface area contributed by atoms with E-state index in [0.717, 1.165) is 13.0 Å². The summed E-state index contributed by atoms with van der Waals surface area (Å²) in [4.78, 5) is 2.64. The van der Waals surface area contributed by atoms with Gasteiger partial charge < -0.3 is 4.74 Å². The molecular weight excluding hydrogens is 210 g/mol. The summed E-state index contributed by atoms with van der Waals surface area (Å²) in [6, 6.07) is 0.608. The summed E-state index contributed by atoms with van der Waals surface area (Å²) < 4.78 is 5.63. The molecule has 1 rings (SSSR count). The first kappa shape index (κ1) is 15.0. The second kappa shape index (κ2) is 5.27. The van der Waals surface area contributed by atoms with Crippen LogP contribution in [0.15, 0.2) is 0 Å². The Morgan fingerprint density at radius 1 is 1.18 bits per heavy atom. The van der Waals surface area contributed by atoms with E-state index in [9.17, 15) is 0 Å². The molecule has 1 aliphatic rings. The van der Waals surface area contributed by atoms with Gasteiger partial charge >= 0.3 is 0 Å². The third-order valence-corrected chi connectivity index (χ3v) is 4.12. The van der Waals surface area contributed by atoms with Crippen LogP contribution in [-0.4, -0.2) is 36.2 Å². The zero-order chi connectivity index (χ0) is 13.3. The van der Waals surface area contributed by atoms with E-state index in [-0.39, 0.29) is 5.54 Å². The predicted octanol–water partition coefficient (Wildman–Crippen LogP) is 3.70. The van der Waals surface area contributed by atoms with Crippen LogP contribution in [0.3, 0.4) is 0 Å². The third-order valence-electron chi connectivity index (χ3n) is 4.12. The van der Waals surface area contributed by atoms with E-state index in [4.69, 9.17) is 4.74 Å². The van der Waals surface area contributed by atoms with E-state index in [1.54, 1.807) is 0 Å². The highest BCUT2D eigenvalue weighted by atomic mass is 16.5. The number of likely N-dealkylation sites (tertiary alicyclic amines) is 1. The first-order valence-corrected chi connectivity index (χ1v) is 6.97. The lowest BCUT2D eigenvalue weighted by Crippen LogP contribution is -2.53. The molecule has 0 N–H and O–H groups in total. The van der Waals surface area contributed by atoms with Crippen LogP contribution in [0.1, 0.15) is 60.8 Å². The minimum Gasteiger partial charge on any atom is -0.381 e. The van der Waals surface area contributed by atoms with E-state index < -0.39 is 0 Å². The van der Waals surface area contributed by atoms with Gasteiger partial charge in [0.25, 0.3) is 0 Å². The molecule has 0 aromatic rings. The zero-order valence-corrected chi connectivity index (χ0v) is 12.8. The predicted molar refractivity (Wildman–Crippen MR) is 74.4 cm³/mol. The molecule has 1 fully saturated rings. The van der Waals surface area contributed by atoms with Gasteiger partial charge in [-0.05, 0) is 52.4 Å². The second-order valence-electron chi connectivity index (χ2n) is 7.29. The Labute approximate surface area is 108 Å². The normalized spacial score (nSPS) is 30.0. The van der Waals surface area contributed by atoms with E-state index >= 15 is 0 Å². The summed E-state index contributed by atoms with van der Waals surface area (Å²) in [7, 11) is 1.85. The van der Waals surface area contributed by atoms with Crippen LogP contribution >= 0.6 is 0 Å². The van der Waals surface area contributed by atoms with Gasteiger partial charge in [-0.3, -0.25) is 4.90 Å². The van der Waals surface area contributed by atoms with Gasteiger partial charge in [-0.25, -0.2) is 0 Å². The summed E-state index contributed by atoms with van der Waals surface area (Å²) in [5, 5.41) is 0. The van der Waals surface area contributed by atoms with Crippen molar-refractivity contribution in [2.24, 2.45) is 5.41 Å². The number of hydrogen-bond acceptors (Lipinski definition) is 2. The van der Waals surface area contributed by atoms with Crippen LogP contribution in [0, 0.1) is 5.41 Å². The van der Waals surface area contributed by atoms with Crippen molar-refractivity contribution in [2.45, 2.75) is 78.5 Å². The average Bonchev–Trinajstić information content (AvgIpc) is 2.11. The molecule has 0 aliphatic carbocycles. The van der Waals surface area contributed by atoms with Gasteiger partial charge in [-0.1, -0.05) is 13.8 Å². The highest BCUT2D eigenvalue weighted by Gasteiger charge is 2.38. The van der Waals surface area contributed by atoms with Crippen molar-refractivity contribution in [3.8, 4) is 0 Å². The maximum absolute atomic E-state index is 5.63. The molecule has 1 saturated heterocycles. The van der Waals surface area contributed by atoms with Gasteiger partial charge in [0.1, 0.15) is 0 Å². The fourth-order valence-corrected chi connectivity index (χ4v) is 3.81. The van der Waals surface area contributed by atoms with Crippen molar-refractivity contribution in [3.05, 3.63) is 0 Å². The molecule has 0 saturated carbocycles. The van der Waals surface area contributed by atoms with Crippen LogP contribution in [0.25, 0.3) is 0 Å². The molecule has 2 heteroatoms. The van der Waals surface area contributed by atoms with Gasteiger partial charge in [0.05, 0.1) is 6.10 Å². The van der Waals surface area contributed by atoms with Crippen LogP contribution < -0.4 is 0 Å². The molecule has 1 heterocycles. The Morgan fingerprint density at radius 3 is 2.24 bits per heavy atom. The van der Waals surface area contributed by atoms with E-state index in [2.05, 4.69) is 46.4 Å². The van der Waals surface area contributed by atoms with Crippen LogP contribution in [0.2, 0.25) is 0 Å². The first-order chi connectivity index (χ1) is 7.68. The Morgan fingerprint density at radius 2 is 1.76 bits per heavy atom. The second-order valence-corrected chi connectivity index (χ2v) is 7.29. The molecule has 0 bridgehead atoms. The Bertz CT molecular complexity index is 245. The van der Waals surface area contributed by atoms with Crippen molar-refractivity contribution in [1.82, 2.24) is 4.90 Å². The molecule has 0 aromatic carbocycles. The average molecular weight is 241 g/mol. The molecule has 0 amide bonds. The highest BCUT2D eigenvalue weighted by molar-refractivity contribution is 4.92. The Kier molecular flexibility index (Phi) is 4.65. The van der Waals surface area contributed by atoms with Crippen LogP contribution in [-0.2, 0) is 4.74 Å². The fourth-order valence-electron chi connectivity index (χ4n) is 3.81. The monoisotopic (exact) mass is 241 g/mol. The van der Waals surface area contributed by atoms with Crippen molar-refractivity contribution in [1.29, 1.82) is 0 Å². The lowest BCUT2D eigenvalue weighted by Gasteiger charge is -2.48.